The highest BCUT2D eigenvalue weighted by atomic mass is 19.1. The maximum Gasteiger partial charge on any atom is 0.251 e. The Morgan fingerprint density at radius 2 is 2.07 bits per heavy atom. The van der Waals surface area contributed by atoms with Crippen molar-refractivity contribution in [3.05, 3.63) is 54.0 Å². The number of rotatable bonds is 3. The van der Waals surface area contributed by atoms with E-state index in [1.165, 1.54) is 0 Å². The van der Waals surface area contributed by atoms with Crippen LogP contribution >= 0.6 is 0 Å². The molecule has 3 nitrogen and oxygen atoms in total. The molecule has 1 heterocycles. The third kappa shape index (κ3) is 2.28. The van der Waals surface area contributed by atoms with Crippen LogP contribution in [0, 0.1) is 5.95 Å². The molecule has 0 unspecified atom stereocenters. The number of hydrogen-bond donors (Lipinski definition) is 0. The van der Waals surface area contributed by atoms with Crippen LogP contribution in [0.2, 0.25) is 0 Å². The van der Waals surface area contributed by atoms with Crippen molar-refractivity contribution in [2.75, 3.05) is 0 Å². The van der Waals surface area contributed by atoms with Gasteiger partial charge in [-0.25, -0.2) is 0 Å². The maximum atomic E-state index is 12.5. The number of Topliss-reactive ketones (excluding diaryl/α,β-unsaturated/α-hetero) is 1. The molecule has 0 amide bonds. The number of nitrogens with zero attached hydrogens (tertiary/aromatic N) is 1. The predicted octanol–water partition coefficient (Wildman–Crippen LogP) is 2.24. The molecule has 76 valence electrons. The van der Waals surface area contributed by atoms with Crippen LogP contribution in [0.15, 0.2) is 41.0 Å². The highest BCUT2D eigenvalue weighted by Gasteiger charge is 2.10. The van der Waals surface area contributed by atoms with Crippen molar-refractivity contribution in [2.45, 2.75) is 6.42 Å². The maximum absolute atomic E-state index is 12.5. The second-order valence-electron chi connectivity index (χ2n) is 3.03. The van der Waals surface area contributed by atoms with Gasteiger partial charge >= 0.3 is 0 Å². The summed E-state index contributed by atoms with van der Waals surface area (Å²) in [6, 6.07) is 8.75. The van der Waals surface area contributed by atoms with E-state index in [4.69, 9.17) is 4.42 Å². The van der Waals surface area contributed by atoms with Gasteiger partial charge in [0.15, 0.2) is 5.78 Å². The van der Waals surface area contributed by atoms with Gasteiger partial charge in [0.25, 0.3) is 5.95 Å². The normalized spacial score (nSPS) is 10.2. The topological polar surface area (TPSA) is 43.1 Å². The smallest absolute Gasteiger partial charge is 0.251 e. The van der Waals surface area contributed by atoms with Gasteiger partial charge in [-0.2, -0.15) is 9.37 Å². The fourth-order valence-corrected chi connectivity index (χ4v) is 1.23. The minimum absolute atomic E-state index is 0.0199. The highest BCUT2D eigenvalue weighted by molar-refractivity contribution is 5.96. The van der Waals surface area contributed by atoms with E-state index in [1.807, 2.05) is 6.07 Å². The Bertz CT molecular complexity index is 464. The lowest BCUT2D eigenvalue weighted by Gasteiger charge is -1.96. The number of carbonyl (C=O) groups is 1. The molecule has 0 atom stereocenters. The molecule has 0 saturated carbocycles. The van der Waals surface area contributed by atoms with Crippen LogP contribution in [0.1, 0.15) is 16.2 Å². The van der Waals surface area contributed by atoms with Gasteiger partial charge in [-0.3, -0.25) is 4.79 Å². The van der Waals surface area contributed by atoms with E-state index in [1.54, 1.807) is 24.3 Å². The van der Waals surface area contributed by atoms with Crippen LogP contribution in [-0.4, -0.2) is 10.8 Å². The quantitative estimate of drug-likeness (QED) is 0.721. The number of oxazole rings is 1. The second kappa shape index (κ2) is 4.04. The lowest BCUT2D eigenvalue weighted by atomic mass is 10.1. The van der Waals surface area contributed by atoms with Crippen molar-refractivity contribution >= 4 is 5.78 Å². The van der Waals surface area contributed by atoms with Crippen molar-refractivity contribution in [1.29, 1.82) is 0 Å². The van der Waals surface area contributed by atoms with E-state index in [0.717, 1.165) is 6.26 Å². The molecule has 0 radical (unpaired) electrons. The van der Waals surface area contributed by atoms with Gasteiger partial charge in [0.05, 0.1) is 6.42 Å². The molecular formula is C11H8FNO2. The first-order valence-electron chi connectivity index (χ1n) is 4.44. The molecule has 0 aliphatic heterocycles. The lowest BCUT2D eigenvalue weighted by Crippen LogP contribution is -2.03. The van der Waals surface area contributed by atoms with Gasteiger partial charge in [0, 0.05) is 5.56 Å². The number of halogens is 1. The molecule has 0 aliphatic rings. The van der Waals surface area contributed by atoms with E-state index in [-0.39, 0.29) is 18.1 Å². The molecule has 0 aliphatic carbocycles. The number of carbonyl (C=O) groups excluding carboxylic acids is 1. The summed E-state index contributed by atoms with van der Waals surface area (Å²) in [6.07, 6.45) is 0.863. The predicted molar refractivity (Wildman–Crippen MR) is 50.9 cm³/mol. The van der Waals surface area contributed by atoms with Crippen LogP contribution in [0.4, 0.5) is 4.39 Å². The first-order chi connectivity index (χ1) is 7.25. The molecule has 0 N–H and O–H groups in total. The average Bonchev–Trinajstić information content (AvgIpc) is 2.65. The van der Waals surface area contributed by atoms with Crippen LogP contribution in [-0.2, 0) is 6.42 Å². The zero-order valence-electron chi connectivity index (χ0n) is 7.81. The third-order valence-corrected chi connectivity index (χ3v) is 1.93. The number of aromatic nitrogens is 1. The Hall–Kier alpha value is -1.97. The standard InChI is InChI=1S/C11H8FNO2/c12-10-7-15-11(13-10)6-9(14)8-4-2-1-3-5-8/h1-5,7H,6H2. The van der Waals surface area contributed by atoms with Gasteiger partial charge in [0.1, 0.15) is 6.26 Å². The molecule has 4 heteroatoms. The van der Waals surface area contributed by atoms with E-state index in [2.05, 4.69) is 4.98 Å². The molecule has 1 aromatic heterocycles. The molecule has 0 bridgehead atoms. The molecule has 2 rings (SSSR count). The van der Waals surface area contributed by atoms with Crippen molar-refractivity contribution in [1.82, 2.24) is 4.98 Å². The summed E-state index contributed by atoms with van der Waals surface area (Å²) in [5.74, 6) is -0.746. The van der Waals surface area contributed by atoms with Gasteiger partial charge in [-0.1, -0.05) is 30.3 Å². The molecule has 1 aromatic carbocycles. The highest BCUT2D eigenvalue weighted by Crippen LogP contribution is 2.06. The van der Waals surface area contributed by atoms with Gasteiger partial charge in [-0.15, -0.1) is 0 Å². The first-order valence-corrected chi connectivity index (χ1v) is 4.44. The minimum Gasteiger partial charge on any atom is -0.445 e. The monoisotopic (exact) mass is 205 g/mol. The van der Waals surface area contributed by atoms with Crippen molar-refractivity contribution < 1.29 is 13.6 Å². The van der Waals surface area contributed by atoms with Gasteiger partial charge < -0.3 is 4.42 Å². The summed E-state index contributed by atoms with van der Waals surface area (Å²) < 4.78 is 17.2. The second-order valence-corrected chi connectivity index (χ2v) is 3.03. The minimum atomic E-state index is -0.703. The SMILES string of the molecule is O=C(Cc1nc(F)co1)c1ccccc1. The Kier molecular flexibility index (Phi) is 2.58. The van der Waals surface area contributed by atoms with Crippen LogP contribution in [0.3, 0.4) is 0 Å². The molecule has 0 saturated heterocycles. The van der Waals surface area contributed by atoms with Gasteiger partial charge in [-0.05, 0) is 0 Å². The Morgan fingerprint density at radius 1 is 1.33 bits per heavy atom. The molecule has 15 heavy (non-hydrogen) atoms. The van der Waals surface area contributed by atoms with E-state index >= 15 is 0 Å². The number of hydrogen-bond acceptors (Lipinski definition) is 3. The summed E-state index contributed by atoms with van der Waals surface area (Å²) in [6.45, 7) is 0. The van der Waals surface area contributed by atoms with Crippen LogP contribution in [0.5, 0.6) is 0 Å². The zero-order chi connectivity index (χ0) is 10.7. The third-order valence-electron chi connectivity index (χ3n) is 1.93. The summed E-state index contributed by atoms with van der Waals surface area (Å²) in [7, 11) is 0. The van der Waals surface area contributed by atoms with Crippen molar-refractivity contribution in [3.63, 3.8) is 0 Å². The Balaban J connectivity index is 2.11. The summed E-state index contributed by atoms with van der Waals surface area (Å²) in [4.78, 5) is 15.0. The Morgan fingerprint density at radius 3 is 2.67 bits per heavy atom. The molecular weight excluding hydrogens is 197 g/mol. The molecule has 0 fully saturated rings. The summed E-state index contributed by atoms with van der Waals surface area (Å²) in [5, 5.41) is 0. The number of benzene rings is 1. The zero-order valence-corrected chi connectivity index (χ0v) is 7.81. The number of ketones is 1. The lowest BCUT2D eigenvalue weighted by molar-refractivity contribution is 0.0985. The van der Waals surface area contributed by atoms with Crippen molar-refractivity contribution in [2.24, 2.45) is 0 Å². The van der Waals surface area contributed by atoms with Crippen LogP contribution in [0.25, 0.3) is 0 Å². The first kappa shape index (κ1) is 9.58. The van der Waals surface area contributed by atoms with E-state index in [9.17, 15) is 9.18 Å². The average molecular weight is 205 g/mol. The van der Waals surface area contributed by atoms with Gasteiger partial charge in [0.2, 0.25) is 5.89 Å². The fourth-order valence-electron chi connectivity index (χ4n) is 1.23. The largest absolute Gasteiger partial charge is 0.445 e. The molecule has 0 spiro atoms. The molecule has 2 aromatic rings. The fraction of sp³-hybridized carbons (Fsp3) is 0.0909. The summed E-state index contributed by atoms with van der Waals surface area (Å²) >= 11 is 0. The summed E-state index contributed by atoms with van der Waals surface area (Å²) in [5.41, 5.74) is 0.566. The van der Waals surface area contributed by atoms with Crippen molar-refractivity contribution in [3.8, 4) is 0 Å². The van der Waals surface area contributed by atoms with Crippen LogP contribution < -0.4 is 0 Å². The van der Waals surface area contributed by atoms with E-state index in [0.29, 0.717) is 5.56 Å². The van der Waals surface area contributed by atoms with E-state index < -0.39 is 5.95 Å². The Labute approximate surface area is 85.6 Å².